The van der Waals surface area contributed by atoms with Gasteiger partial charge in [0, 0.05) is 12.6 Å². The lowest BCUT2D eigenvalue weighted by Crippen LogP contribution is -2.04. The molecule has 6 heteroatoms. The maximum atomic E-state index is 13.4. The fourth-order valence-corrected chi connectivity index (χ4v) is 2.26. The first-order valence-corrected chi connectivity index (χ1v) is 6.85. The first-order valence-electron chi connectivity index (χ1n) is 5.39. The highest BCUT2D eigenvalue weighted by molar-refractivity contribution is 14.1. The van der Waals surface area contributed by atoms with Crippen molar-refractivity contribution in [3.63, 3.8) is 0 Å². The topological polar surface area (TPSA) is 38.0 Å². The van der Waals surface area contributed by atoms with Gasteiger partial charge in [0.2, 0.25) is 0 Å². The summed E-state index contributed by atoms with van der Waals surface area (Å²) in [7, 11) is 0. The first-order chi connectivity index (χ1) is 8.97. The van der Waals surface area contributed by atoms with Crippen molar-refractivity contribution in [1.29, 1.82) is 0 Å². The Bertz CT molecular complexity index is 620. The van der Waals surface area contributed by atoms with E-state index in [-0.39, 0.29) is 10.8 Å². The Balaban J connectivity index is 2.14. The Morgan fingerprint density at radius 3 is 2.58 bits per heavy atom. The van der Waals surface area contributed by atoms with E-state index in [2.05, 4.69) is 5.32 Å². The average molecular weight is 395 g/mol. The van der Waals surface area contributed by atoms with Crippen molar-refractivity contribution < 1.29 is 8.78 Å². The largest absolute Gasteiger partial charge is 0.397 e. The fourth-order valence-electron chi connectivity index (χ4n) is 1.56. The monoisotopic (exact) mass is 394 g/mol. The van der Waals surface area contributed by atoms with Crippen LogP contribution in [0.5, 0.6) is 0 Å². The number of nitrogen functional groups attached to an aromatic ring is 1. The molecule has 0 aliphatic heterocycles. The third-order valence-corrected chi connectivity index (χ3v) is 3.68. The highest BCUT2D eigenvalue weighted by Crippen LogP contribution is 2.25. The van der Waals surface area contributed by atoms with Crippen molar-refractivity contribution in [2.75, 3.05) is 11.1 Å². The van der Waals surface area contributed by atoms with E-state index >= 15 is 0 Å². The third-order valence-electron chi connectivity index (χ3n) is 2.56. The van der Waals surface area contributed by atoms with Crippen LogP contribution in [0.1, 0.15) is 5.56 Å². The third kappa shape index (κ3) is 3.48. The van der Waals surface area contributed by atoms with E-state index < -0.39 is 5.82 Å². The molecule has 0 saturated carbocycles. The Hall–Kier alpha value is -1.08. The molecule has 2 aromatic carbocycles. The molecule has 0 aliphatic carbocycles. The highest BCUT2D eigenvalue weighted by atomic mass is 127. The molecule has 0 spiro atoms. The van der Waals surface area contributed by atoms with Gasteiger partial charge in [-0.05, 0) is 46.4 Å². The minimum atomic E-state index is -0.467. The van der Waals surface area contributed by atoms with Gasteiger partial charge in [-0.25, -0.2) is 8.78 Å². The molecule has 0 bridgehead atoms. The number of hydrogen-bond acceptors (Lipinski definition) is 2. The molecule has 3 N–H and O–H groups in total. The van der Waals surface area contributed by atoms with Crippen LogP contribution in [0.2, 0.25) is 5.02 Å². The van der Waals surface area contributed by atoms with Gasteiger partial charge in [-0.15, -0.1) is 0 Å². The highest BCUT2D eigenvalue weighted by Gasteiger charge is 2.06. The van der Waals surface area contributed by atoms with E-state index in [1.807, 2.05) is 22.6 Å². The van der Waals surface area contributed by atoms with Crippen LogP contribution in [0.3, 0.4) is 0 Å². The van der Waals surface area contributed by atoms with Crippen LogP contribution in [0.15, 0.2) is 30.3 Å². The Morgan fingerprint density at radius 2 is 1.89 bits per heavy atom. The van der Waals surface area contributed by atoms with Crippen LogP contribution in [0.25, 0.3) is 0 Å². The van der Waals surface area contributed by atoms with E-state index in [1.54, 1.807) is 12.1 Å². The van der Waals surface area contributed by atoms with E-state index in [1.165, 1.54) is 18.2 Å². The van der Waals surface area contributed by atoms with E-state index in [0.717, 1.165) is 5.56 Å². The molecule has 2 nitrogen and oxygen atoms in total. The second kappa shape index (κ2) is 5.92. The van der Waals surface area contributed by atoms with Crippen molar-refractivity contribution in [3.8, 4) is 0 Å². The van der Waals surface area contributed by atoms with Crippen molar-refractivity contribution in [1.82, 2.24) is 0 Å². The summed E-state index contributed by atoms with van der Waals surface area (Å²) < 4.78 is 26.9. The Kier molecular flexibility index (Phi) is 4.46. The first kappa shape index (κ1) is 14.3. The van der Waals surface area contributed by atoms with E-state index in [4.69, 9.17) is 17.3 Å². The average Bonchev–Trinajstić information content (AvgIpc) is 2.36. The smallest absolute Gasteiger partial charge is 0.141 e. The van der Waals surface area contributed by atoms with Gasteiger partial charge in [-0.3, -0.25) is 0 Å². The Morgan fingerprint density at radius 1 is 1.16 bits per heavy atom. The minimum absolute atomic E-state index is 0.0565. The number of hydrogen-bond donors (Lipinski definition) is 2. The molecule has 2 aromatic rings. The minimum Gasteiger partial charge on any atom is -0.397 e. The molecule has 2 rings (SSSR count). The van der Waals surface area contributed by atoms with E-state index in [0.29, 0.717) is 21.5 Å². The summed E-state index contributed by atoms with van der Waals surface area (Å²) in [4.78, 5) is 0. The lowest BCUT2D eigenvalue weighted by atomic mass is 10.2. The summed E-state index contributed by atoms with van der Waals surface area (Å²) >= 11 is 7.56. The molecule has 0 atom stereocenters. The summed E-state index contributed by atoms with van der Waals surface area (Å²) in [5, 5.41) is 3.05. The van der Waals surface area contributed by atoms with Crippen molar-refractivity contribution in [2.24, 2.45) is 0 Å². The van der Waals surface area contributed by atoms with Crippen LogP contribution < -0.4 is 11.1 Å². The fraction of sp³-hybridized carbons (Fsp3) is 0.0769. The van der Waals surface area contributed by atoms with Gasteiger partial charge in [0.05, 0.1) is 20.0 Å². The zero-order valence-electron chi connectivity index (χ0n) is 9.68. The molecular weight excluding hydrogens is 385 g/mol. The lowest BCUT2D eigenvalue weighted by molar-refractivity contribution is 0.621. The normalized spacial score (nSPS) is 10.5. The van der Waals surface area contributed by atoms with Gasteiger partial charge in [-0.1, -0.05) is 17.7 Å². The summed E-state index contributed by atoms with van der Waals surface area (Å²) in [5.74, 6) is -0.806. The predicted octanol–water partition coefficient (Wildman–Crippen LogP) is 4.42. The van der Waals surface area contributed by atoms with E-state index in [9.17, 15) is 8.78 Å². The molecule has 0 heterocycles. The predicted molar refractivity (Wildman–Crippen MR) is 82.3 cm³/mol. The summed E-state index contributed by atoms with van der Waals surface area (Å²) in [6.45, 7) is 0.379. The quantitative estimate of drug-likeness (QED) is 0.597. The maximum Gasteiger partial charge on any atom is 0.141 e. The molecule has 19 heavy (non-hydrogen) atoms. The second-order valence-corrected chi connectivity index (χ2v) is 5.52. The number of nitrogens with one attached hydrogen (secondary N) is 1. The number of halogens is 4. The number of anilines is 2. The molecule has 0 fully saturated rings. The van der Waals surface area contributed by atoms with Crippen LogP contribution in [0.4, 0.5) is 20.2 Å². The number of rotatable bonds is 3. The molecule has 0 aliphatic rings. The van der Waals surface area contributed by atoms with Gasteiger partial charge in [0.1, 0.15) is 11.6 Å². The van der Waals surface area contributed by atoms with Crippen molar-refractivity contribution >= 4 is 45.6 Å². The van der Waals surface area contributed by atoms with Crippen LogP contribution in [-0.4, -0.2) is 0 Å². The number of nitrogens with two attached hydrogens (primary N) is 1. The molecule has 0 amide bonds. The zero-order valence-corrected chi connectivity index (χ0v) is 12.6. The van der Waals surface area contributed by atoms with Gasteiger partial charge in [0.15, 0.2) is 0 Å². The Labute approximate surface area is 128 Å². The van der Waals surface area contributed by atoms with Gasteiger partial charge in [0.25, 0.3) is 0 Å². The second-order valence-electron chi connectivity index (χ2n) is 3.96. The van der Waals surface area contributed by atoms with Crippen molar-refractivity contribution in [3.05, 3.63) is 56.1 Å². The molecule has 0 radical (unpaired) electrons. The maximum absolute atomic E-state index is 13.4. The molecule has 0 unspecified atom stereocenters. The van der Waals surface area contributed by atoms with Crippen LogP contribution in [0, 0.1) is 15.2 Å². The summed E-state index contributed by atoms with van der Waals surface area (Å²) in [5.41, 5.74) is 7.53. The summed E-state index contributed by atoms with van der Waals surface area (Å²) in [6, 6.07) is 7.30. The molecular formula is C13H10ClF2IN2. The van der Waals surface area contributed by atoms with Gasteiger partial charge < -0.3 is 11.1 Å². The van der Waals surface area contributed by atoms with Gasteiger partial charge in [-0.2, -0.15) is 0 Å². The van der Waals surface area contributed by atoms with Crippen LogP contribution >= 0.6 is 34.2 Å². The van der Waals surface area contributed by atoms with Gasteiger partial charge >= 0.3 is 0 Å². The molecule has 0 aromatic heterocycles. The zero-order chi connectivity index (χ0) is 14.0. The molecule has 100 valence electrons. The summed E-state index contributed by atoms with van der Waals surface area (Å²) in [6.07, 6.45) is 0. The van der Waals surface area contributed by atoms with Crippen molar-refractivity contribution in [2.45, 2.75) is 6.54 Å². The van der Waals surface area contributed by atoms with Crippen LogP contribution in [-0.2, 0) is 6.54 Å². The number of benzene rings is 2. The lowest BCUT2D eigenvalue weighted by Gasteiger charge is -2.10. The molecule has 0 saturated heterocycles. The SMILES string of the molecule is Nc1cc(I)c(F)cc1NCc1ccc(F)c(Cl)c1. The standard InChI is InChI=1S/C13H10ClF2IN2/c14-8-3-7(1-2-9(8)15)6-19-13-4-10(16)11(17)5-12(13)18/h1-5,19H,6,18H2.